The molecule has 0 aliphatic rings. The highest BCUT2D eigenvalue weighted by atomic mass is 16.1. The van der Waals surface area contributed by atoms with E-state index in [1.54, 1.807) is 12.4 Å². The van der Waals surface area contributed by atoms with E-state index in [2.05, 4.69) is 10.3 Å². The van der Waals surface area contributed by atoms with Crippen LogP contribution in [0.5, 0.6) is 0 Å². The van der Waals surface area contributed by atoms with Crippen LogP contribution in [0.1, 0.15) is 12.0 Å². The van der Waals surface area contributed by atoms with Crippen molar-refractivity contribution in [1.29, 1.82) is 0 Å². The number of benzene rings is 2. The summed E-state index contributed by atoms with van der Waals surface area (Å²) in [5, 5.41) is 2.91. The summed E-state index contributed by atoms with van der Waals surface area (Å²) in [6.07, 6.45) is 2.15. The van der Waals surface area contributed by atoms with Crippen molar-refractivity contribution in [3.05, 3.63) is 54.4 Å². The van der Waals surface area contributed by atoms with Gasteiger partial charge in [-0.2, -0.15) is 0 Å². The molecular weight excluding hydrogens is 276 g/mol. The number of hydrogen-bond donors (Lipinski definition) is 2. The molecule has 2 aromatic carbocycles. The molecule has 1 aromatic heterocycles. The molecule has 0 radical (unpaired) electrons. The largest absolute Gasteiger partial charge is 0.399 e. The molecule has 5 heteroatoms. The lowest BCUT2D eigenvalue weighted by molar-refractivity contribution is -0.116. The summed E-state index contributed by atoms with van der Waals surface area (Å²) < 4.78 is 1.99. The Labute approximate surface area is 128 Å². The zero-order valence-electron chi connectivity index (χ0n) is 12.4. The fourth-order valence-electron chi connectivity index (χ4n) is 2.40. The summed E-state index contributed by atoms with van der Waals surface area (Å²) >= 11 is 0. The Morgan fingerprint density at radius 1 is 1.27 bits per heavy atom. The summed E-state index contributed by atoms with van der Waals surface area (Å²) in [6.45, 7) is 2.53. The molecule has 1 amide bonds. The number of anilines is 2. The smallest absolute Gasteiger partial charge is 0.226 e. The number of para-hydroxylation sites is 2. The number of hydrogen-bond acceptors (Lipinski definition) is 3. The van der Waals surface area contributed by atoms with Crippen LogP contribution in [-0.4, -0.2) is 15.5 Å². The van der Waals surface area contributed by atoms with Crippen molar-refractivity contribution in [2.75, 3.05) is 11.1 Å². The van der Waals surface area contributed by atoms with Gasteiger partial charge in [-0.3, -0.25) is 4.79 Å². The van der Waals surface area contributed by atoms with E-state index in [0.717, 1.165) is 22.3 Å². The lowest BCUT2D eigenvalue weighted by atomic mass is 10.2. The third kappa shape index (κ3) is 2.93. The predicted octanol–water partition coefficient (Wildman–Crippen LogP) is 2.96. The SMILES string of the molecule is Cc1ccc(N)cc1NC(=O)CCn1cnc2ccccc21. The first-order valence-electron chi connectivity index (χ1n) is 7.19. The van der Waals surface area contributed by atoms with Gasteiger partial charge in [-0.25, -0.2) is 4.98 Å². The fraction of sp³-hybridized carbons (Fsp3) is 0.176. The van der Waals surface area contributed by atoms with Crippen LogP contribution in [0.4, 0.5) is 11.4 Å². The van der Waals surface area contributed by atoms with Crippen molar-refractivity contribution in [2.24, 2.45) is 0 Å². The number of nitrogens with zero attached hydrogens (tertiary/aromatic N) is 2. The number of aromatic nitrogens is 2. The highest BCUT2D eigenvalue weighted by Gasteiger charge is 2.07. The summed E-state index contributed by atoms with van der Waals surface area (Å²) in [6, 6.07) is 13.4. The van der Waals surface area contributed by atoms with Crippen molar-refractivity contribution < 1.29 is 4.79 Å². The molecule has 0 unspecified atom stereocenters. The van der Waals surface area contributed by atoms with Gasteiger partial charge in [0.1, 0.15) is 0 Å². The number of nitrogens with one attached hydrogen (secondary N) is 1. The van der Waals surface area contributed by atoms with Crippen LogP contribution in [0, 0.1) is 6.92 Å². The van der Waals surface area contributed by atoms with Crippen molar-refractivity contribution in [3.63, 3.8) is 0 Å². The highest BCUT2D eigenvalue weighted by molar-refractivity contribution is 5.92. The van der Waals surface area contributed by atoms with Gasteiger partial charge < -0.3 is 15.6 Å². The second kappa shape index (κ2) is 5.89. The van der Waals surface area contributed by atoms with Crippen molar-refractivity contribution in [3.8, 4) is 0 Å². The molecule has 5 nitrogen and oxygen atoms in total. The third-order valence-electron chi connectivity index (χ3n) is 3.64. The van der Waals surface area contributed by atoms with E-state index >= 15 is 0 Å². The van der Waals surface area contributed by atoms with Crippen LogP contribution in [0.15, 0.2) is 48.8 Å². The summed E-state index contributed by atoms with van der Waals surface area (Å²) in [7, 11) is 0. The second-order valence-electron chi connectivity index (χ2n) is 5.30. The lowest BCUT2D eigenvalue weighted by Gasteiger charge is -2.10. The minimum absolute atomic E-state index is 0.0357. The number of rotatable bonds is 4. The molecule has 0 saturated heterocycles. The van der Waals surface area contributed by atoms with Crippen LogP contribution in [0.3, 0.4) is 0 Å². The number of imidazole rings is 1. The van der Waals surface area contributed by atoms with Crippen LogP contribution >= 0.6 is 0 Å². The van der Waals surface area contributed by atoms with Gasteiger partial charge in [-0.1, -0.05) is 18.2 Å². The average molecular weight is 294 g/mol. The molecule has 0 aliphatic heterocycles. The third-order valence-corrected chi connectivity index (χ3v) is 3.64. The number of nitrogen functional groups attached to an aromatic ring is 1. The number of carbonyl (C=O) groups excluding carboxylic acids is 1. The van der Waals surface area contributed by atoms with Crippen LogP contribution < -0.4 is 11.1 Å². The fourth-order valence-corrected chi connectivity index (χ4v) is 2.40. The minimum Gasteiger partial charge on any atom is -0.399 e. The van der Waals surface area contributed by atoms with E-state index in [-0.39, 0.29) is 5.91 Å². The average Bonchev–Trinajstić information content (AvgIpc) is 2.92. The van der Waals surface area contributed by atoms with E-state index in [0.29, 0.717) is 18.7 Å². The van der Waals surface area contributed by atoms with Crippen LogP contribution in [0.25, 0.3) is 11.0 Å². The number of carbonyl (C=O) groups is 1. The standard InChI is InChI=1S/C17H18N4O/c1-12-6-7-13(18)10-15(12)20-17(22)8-9-21-11-19-14-4-2-3-5-16(14)21/h2-7,10-11H,8-9,18H2,1H3,(H,20,22). The van der Waals surface area contributed by atoms with Crippen molar-refractivity contribution in [2.45, 2.75) is 19.9 Å². The summed E-state index contributed by atoms with van der Waals surface area (Å²) in [4.78, 5) is 16.4. The predicted molar refractivity (Wildman–Crippen MR) is 88.6 cm³/mol. The Morgan fingerprint density at radius 2 is 2.09 bits per heavy atom. The molecule has 22 heavy (non-hydrogen) atoms. The number of nitrogens with two attached hydrogens (primary N) is 1. The maximum atomic E-state index is 12.1. The van der Waals surface area contributed by atoms with Gasteiger partial charge >= 0.3 is 0 Å². The molecule has 112 valence electrons. The highest BCUT2D eigenvalue weighted by Crippen LogP contribution is 2.18. The molecule has 0 bridgehead atoms. The number of amides is 1. The van der Waals surface area contributed by atoms with Crippen molar-refractivity contribution in [1.82, 2.24) is 9.55 Å². The first-order chi connectivity index (χ1) is 10.6. The minimum atomic E-state index is -0.0357. The Hall–Kier alpha value is -2.82. The topological polar surface area (TPSA) is 72.9 Å². The molecule has 0 saturated carbocycles. The normalized spacial score (nSPS) is 10.8. The summed E-state index contributed by atoms with van der Waals surface area (Å²) in [5.41, 5.74) is 10.1. The Morgan fingerprint density at radius 3 is 2.95 bits per heavy atom. The van der Waals surface area contributed by atoms with Gasteiger partial charge in [0.2, 0.25) is 5.91 Å². The Balaban J connectivity index is 1.66. The molecule has 1 heterocycles. The van der Waals surface area contributed by atoms with Crippen molar-refractivity contribution >= 4 is 28.3 Å². The molecule has 3 N–H and O–H groups in total. The van der Waals surface area contributed by atoms with Gasteiger partial charge in [0, 0.05) is 24.3 Å². The maximum Gasteiger partial charge on any atom is 0.226 e. The molecule has 0 aliphatic carbocycles. The first kappa shape index (κ1) is 14.1. The number of aryl methyl sites for hydroxylation is 2. The van der Waals surface area contributed by atoms with Crippen LogP contribution in [0.2, 0.25) is 0 Å². The monoisotopic (exact) mass is 294 g/mol. The van der Waals surface area contributed by atoms with Gasteiger partial charge in [0.05, 0.1) is 17.4 Å². The molecule has 3 aromatic rings. The zero-order chi connectivity index (χ0) is 15.5. The van der Waals surface area contributed by atoms with Gasteiger partial charge in [0.15, 0.2) is 0 Å². The lowest BCUT2D eigenvalue weighted by Crippen LogP contribution is -2.15. The Kier molecular flexibility index (Phi) is 3.78. The number of fused-ring (bicyclic) bond motifs is 1. The summed E-state index contributed by atoms with van der Waals surface area (Å²) in [5.74, 6) is -0.0357. The van der Waals surface area contributed by atoms with E-state index in [4.69, 9.17) is 5.73 Å². The molecule has 0 spiro atoms. The van der Waals surface area contributed by atoms with Crippen LogP contribution in [-0.2, 0) is 11.3 Å². The van der Waals surface area contributed by atoms with Gasteiger partial charge in [-0.15, -0.1) is 0 Å². The first-order valence-corrected chi connectivity index (χ1v) is 7.19. The zero-order valence-corrected chi connectivity index (χ0v) is 12.4. The maximum absolute atomic E-state index is 12.1. The molecule has 0 fully saturated rings. The van der Waals surface area contributed by atoms with E-state index in [1.165, 1.54) is 0 Å². The van der Waals surface area contributed by atoms with Gasteiger partial charge in [-0.05, 0) is 36.8 Å². The van der Waals surface area contributed by atoms with E-state index in [9.17, 15) is 4.79 Å². The van der Waals surface area contributed by atoms with E-state index < -0.39 is 0 Å². The molecule has 0 atom stereocenters. The van der Waals surface area contributed by atoms with Gasteiger partial charge in [0.25, 0.3) is 0 Å². The Bertz CT molecular complexity index is 822. The second-order valence-corrected chi connectivity index (χ2v) is 5.30. The quantitative estimate of drug-likeness (QED) is 0.727. The van der Waals surface area contributed by atoms with E-state index in [1.807, 2.05) is 47.9 Å². The molecule has 3 rings (SSSR count). The molecular formula is C17H18N4O.